The number of hydrogen-bond donors (Lipinski definition) is 2. The van der Waals surface area contributed by atoms with Crippen molar-refractivity contribution in [3.8, 4) is 17.2 Å². The van der Waals surface area contributed by atoms with E-state index in [0.717, 1.165) is 21.0 Å². The zero-order valence-electron chi connectivity index (χ0n) is 25.7. The molecule has 0 aliphatic rings. The van der Waals surface area contributed by atoms with Crippen LogP contribution in [0.25, 0.3) is 0 Å². The molecule has 0 aliphatic carbocycles. The van der Waals surface area contributed by atoms with Crippen LogP contribution in [0.5, 0.6) is 17.2 Å². The summed E-state index contributed by atoms with van der Waals surface area (Å²) in [5, 5.41) is 2.66. The molecule has 13 heteroatoms. The second-order valence-corrected chi connectivity index (χ2v) is 13.8. The van der Waals surface area contributed by atoms with E-state index < -0.39 is 32.5 Å². The van der Waals surface area contributed by atoms with Gasteiger partial charge in [0.1, 0.15) is 12.3 Å². The standard InChI is InChI=1S/C32H35N3O8S2/c1-21-7-13-29(41-4)28(18-21)34-44(37,38)26-10-8-24(9-11-26)33-32(36)20-35(25-16-22(2)15-23(3)17-25)45(39,40)27-12-14-30(42-5)31(19-27)43-6/h7-19,34H,20H2,1-6H3,(H,33,36). The molecule has 1 amide bonds. The Morgan fingerprint density at radius 3 is 1.84 bits per heavy atom. The van der Waals surface area contributed by atoms with Crippen LogP contribution >= 0.6 is 0 Å². The number of nitrogens with zero attached hydrogens (tertiary/aromatic N) is 1. The molecule has 0 spiro atoms. The lowest BCUT2D eigenvalue weighted by atomic mass is 10.1. The molecule has 0 fully saturated rings. The summed E-state index contributed by atoms with van der Waals surface area (Å²) >= 11 is 0. The van der Waals surface area contributed by atoms with E-state index in [-0.39, 0.29) is 26.9 Å². The zero-order chi connectivity index (χ0) is 32.9. The Morgan fingerprint density at radius 1 is 0.667 bits per heavy atom. The van der Waals surface area contributed by atoms with Crippen LogP contribution in [0, 0.1) is 20.8 Å². The molecule has 0 aromatic heterocycles. The highest BCUT2D eigenvalue weighted by molar-refractivity contribution is 7.93. The van der Waals surface area contributed by atoms with Crippen molar-refractivity contribution in [2.45, 2.75) is 30.6 Å². The summed E-state index contributed by atoms with van der Waals surface area (Å²) in [6.07, 6.45) is 0. The number of sulfonamides is 2. The molecule has 0 atom stereocenters. The molecule has 45 heavy (non-hydrogen) atoms. The van der Waals surface area contributed by atoms with Crippen LogP contribution in [0.3, 0.4) is 0 Å². The summed E-state index contributed by atoms with van der Waals surface area (Å²) < 4.78 is 73.4. The topological polar surface area (TPSA) is 140 Å². The highest BCUT2D eigenvalue weighted by Crippen LogP contribution is 2.33. The van der Waals surface area contributed by atoms with Gasteiger partial charge in [-0.1, -0.05) is 12.1 Å². The third-order valence-electron chi connectivity index (χ3n) is 6.77. The molecule has 0 saturated heterocycles. The van der Waals surface area contributed by atoms with E-state index >= 15 is 0 Å². The van der Waals surface area contributed by atoms with Crippen LogP contribution in [-0.2, 0) is 24.8 Å². The van der Waals surface area contributed by atoms with Crippen molar-refractivity contribution in [1.82, 2.24) is 0 Å². The van der Waals surface area contributed by atoms with Gasteiger partial charge in [-0.2, -0.15) is 0 Å². The lowest BCUT2D eigenvalue weighted by Gasteiger charge is -2.25. The van der Waals surface area contributed by atoms with Crippen molar-refractivity contribution in [1.29, 1.82) is 0 Å². The van der Waals surface area contributed by atoms with Gasteiger partial charge >= 0.3 is 0 Å². The van der Waals surface area contributed by atoms with E-state index in [1.807, 2.05) is 26.8 Å². The number of benzene rings is 4. The van der Waals surface area contributed by atoms with Gasteiger partial charge in [-0.25, -0.2) is 16.8 Å². The average molecular weight is 654 g/mol. The van der Waals surface area contributed by atoms with Gasteiger partial charge in [0.15, 0.2) is 11.5 Å². The summed E-state index contributed by atoms with van der Waals surface area (Å²) in [6, 6.07) is 20.1. The normalized spacial score (nSPS) is 11.4. The number of aryl methyl sites for hydroxylation is 3. The summed E-state index contributed by atoms with van der Waals surface area (Å²) in [5.41, 5.74) is 3.33. The first kappa shape index (κ1) is 33.1. The minimum Gasteiger partial charge on any atom is -0.495 e. The molecule has 4 aromatic rings. The minimum absolute atomic E-state index is 0.0445. The highest BCUT2D eigenvalue weighted by Gasteiger charge is 2.29. The number of rotatable bonds is 12. The van der Waals surface area contributed by atoms with Crippen LogP contribution in [0.2, 0.25) is 0 Å². The first-order valence-corrected chi connectivity index (χ1v) is 16.6. The predicted molar refractivity (Wildman–Crippen MR) is 174 cm³/mol. The number of amides is 1. The highest BCUT2D eigenvalue weighted by atomic mass is 32.2. The van der Waals surface area contributed by atoms with Gasteiger partial charge in [0.2, 0.25) is 5.91 Å². The molecular weight excluding hydrogens is 618 g/mol. The van der Waals surface area contributed by atoms with Crippen molar-refractivity contribution >= 4 is 43.0 Å². The molecule has 4 rings (SSSR count). The predicted octanol–water partition coefficient (Wildman–Crippen LogP) is 5.27. The SMILES string of the molecule is COc1ccc(C)cc1NS(=O)(=O)c1ccc(NC(=O)CN(c2cc(C)cc(C)c2)S(=O)(=O)c2ccc(OC)c(OC)c2)cc1. The summed E-state index contributed by atoms with van der Waals surface area (Å²) in [7, 11) is -3.95. The van der Waals surface area contributed by atoms with Gasteiger partial charge in [0.25, 0.3) is 20.0 Å². The van der Waals surface area contributed by atoms with E-state index in [2.05, 4.69) is 10.0 Å². The number of hydrogen-bond acceptors (Lipinski definition) is 8. The Bertz CT molecular complexity index is 1910. The fourth-order valence-corrected chi connectivity index (χ4v) is 7.15. The van der Waals surface area contributed by atoms with Crippen LogP contribution < -0.4 is 28.6 Å². The Kier molecular flexibility index (Phi) is 9.94. The third-order valence-corrected chi connectivity index (χ3v) is 9.92. The Morgan fingerprint density at radius 2 is 1.24 bits per heavy atom. The van der Waals surface area contributed by atoms with Gasteiger partial charge in [0, 0.05) is 11.8 Å². The number of ether oxygens (including phenoxy) is 3. The molecule has 11 nitrogen and oxygen atoms in total. The third kappa shape index (κ3) is 7.67. The first-order chi connectivity index (χ1) is 21.3. The van der Waals surface area contributed by atoms with Gasteiger partial charge in [-0.05, 0) is 98.1 Å². The van der Waals surface area contributed by atoms with Gasteiger partial charge < -0.3 is 19.5 Å². The summed E-state index contributed by atoms with van der Waals surface area (Å²) in [5.74, 6) is 0.292. The smallest absolute Gasteiger partial charge is 0.264 e. The number of carbonyl (C=O) groups is 1. The lowest BCUT2D eigenvalue weighted by molar-refractivity contribution is -0.114. The average Bonchev–Trinajstić information content (AvgIpc) is 2.99. The summed E-state index contributed by atoms with van der Waals surface area (Å²) in [4.78, 5) is 13.1. The van der Waals surface area contributed by atoms with Crippen molar-refractivity contribution in [2.75, 3.05) is 42.2 Å². The molecular formula is C32H35N3O8S2. The van der Waals surface area contributed by atoms with Gasteiger partial charge in [-0.15, -0.1) is 0 Å². The van der Waals surface area contributed by atoms with E-state index in [1.165, 1.54) is 63.8 Å². The maximum absolute atomic E-state index is 13.9. The molecule has 0 bridgehead atoms. The molecule has 0 saturated carbocycles. The Hall–Kier alpha value is -4.75. The second-order valence-electron chi connectivity index (χ2n) is 10.3. The van der Waals surface area contributed by atoms with Gasteiger partial charge in [-0.3, -0.25) is 13.8 Å². The minimum atomic E-state index is -4.26. The fourth-order valence-electron chi connectivity index (χ4n) is 4.67. The van der Waals surface area contributed by atoms with Crippen LogP contribution in [0.4, 0.5) is 17.1 Å². The van der Waals surface area contributed by atoms with E-state index in [4.69, 9.17) is 14.2 Å². The van der Waals surface area contributed by atoms with Crippen molar-refractivity contribution in [3.05, 3.63) is 95.6 Å². The molecule has 0 radical (unpaired) electrons. The number of nitrogens with one attached hydrogen (secondary N) is 2. The lowest BCUT2D eigenvalue weighted by Crippen LogP contribution is -2.38. The quantitative estimate of drug-likeness (QED) is 0.211. The molecule has 2 N–H and O–H groups in total. The van der Waals surface area contributed by atoms with Crippen LogP contribution in [-0.4, -0.2) is 50.6 Å². The molecule has 0 aliphatic heterocycles. The van der Waals surface area contributed by atoms with Crippen LogP contribution in [0.1, 0.15) is 16.7 Å². The summed E-state index contributed by atoms with van der Waals surface area (Å²) in [6.45, 7) is 4.93. The van der Waals surface area contributed by atoms with Crippen LogP contribution in [0.15, 0.2) is 88.7 Å². The van der Waals surface area contributed by atoms with E-state index in [1.54, 1.807) is 30.3 Å². The fraction of sp³-hybridized carbons (Fsp3) is 0.219. The van der Waals surface area contributed by atoms with E-state index in [0.29, 0.717) is 17.2 Å². The second kappa shape index (κ2) is 13.5. The number of methoxy groups -OCH3 is 3. The zero-order valence-corrected chi connectivity index (χ0v) is 27.4. The molecule has 4 aromatic carbocycles. The maximum atomic E-state index is 13.9. The Labute approximate surface area is 263 Å². The maximum Gasteiger partial charge on any atom is 0.264 e. The molecule has 238 valence electrons. The van der Waals surface area contributed by atoms with Crippen molar-refractivity contribution in [2.24, 2.45) is 0 Å². The van der Waals surface area contributed by atoms with E-state index in [9.17, 15) is 21.6 Å². The van der Waals surface area contributed by atoms with Crippen molar-refractivity contribution < 1.29 is 35.8 Å². The monoisotopic (exact) mass is 653 g/mol. The largest absolute Gasteiger partial charge is 0.495 e. The number of anilines is 3. The Balaban J connectivity index is 1.59. The van der Waals surface area contributed by atoms with Crippen molar-refractivity contribution in [3.63, 3.8) is 0 Å². The number of carbonyl (C=O) groups excluding carboxylic acids is 1. The van der Waals surface area contributed by atoms with Gasteiger partial charge in [0.05, 0.1) is 42.5 Å². The molecule has 0 unspecified atom stereocenters. The first-order valence-electron chi connectivity index (χ1n) is 13.7. The molecule has 0 heterocycles.